The van der Waals surface area contributed by atoms with E-state index in [-0.39, 0.29) is 5.56 Å². The molecule has 148 valence electrons. The first-order valence-corrected chi connectivity index (χ1v) is 10.6. The molecule has 2 heterocycles. The molecule has 2 aromatic carbocycles. The second-order valence-electron chi connectivity index (χ2n) is 6.91. The van der Waals surface area contributed by atoms with Crippen LogP contribution < -0.4 is 10.9 Å². The summed E-state index contributed by atoms with van der Waals surface area (Å²) in [4.78, 5) is 22.4. The molecular weight excluding hydrogens is 404 g/mol. The van der Waals surface area contributed by atoms with Crippen molar-refractivity contribution in [1.29, 1.82) is 0 Å². The molecule has 0 aliphatic heterocycles. The maximum Gasteiger partial charge on any atom is 0.258 e. The fourth-order valence-electron chi connectivity index (χ4n) is 3.37. The van der Waals surface area contributed by atoms with Gasteiger partial charge in [-0.1, -0.05) is 30.7 Å². The van der Waals surface area contributed by atoms with Gasteiger partial charge in [-0.2, -0.15) is 0 Å². The van der Waals surface area contributed by atoms with E-state index in [1.807, 2.05) is 63.2 Å². The molecule has 0 atom stereocenters. The predicted molar refractivity (Wildman–Crippen MR) is 121 cm³/mol. The maximum atomic E-state index is 13.2. The fourth-order valence-corrected chi connectivity index (χ4v) is 4.36. The van der Waals surface area contributed by atoms with Crippen LogP contribution in [0.5, 0.6) is 0 Å². The zero-order valence-corrected chi connectivity index (χ0v) is 18.1. The van der Waals surface area contributed by atoms with Crippen molar-refractivity contribution < 1.29 is 0 Å². The summed E-state index contributed by atoms with van der Waals surface area (Å²) in [6.07, 6.45) is 0.644. The molecular formula is C22H21ClN4OS. The van der Waals surface area contributed by atoms with Crippen molar-refractivity contribution in [2.75, 3.05) is 5.32 Å². The summed E-state index contributed by atoms with van der Waals surface area (Å²) >= 11 is 7.65. The Bertz CT molecular complexity index is 1240. The molecule has 0 amide bonds. The first-order valence-electron chi connectivity index (χ1n) is 9.43. The van der Waals surface area contributed by atoms with Gasteiger partial charge in [0.1, 0.15) is 0 Å². The standard InChI is InChI=1S/C22H21ClN4OS/c1-4-18-13(2)24-22(26-17-9-10-19-20(11-17)29-14(3)25-19)27(21(18)28)12-15-5-7-16(23)8-6-15/h5-11H,4,12H2,1-3H3,(H,24,26). The van der Waals surface area contributed by atoms with Crippen molar-refractivity contribution >= 4 is 44.8 Å². The van der Waals surface area contributed by atoms with E-state index >= 15 is 0 Å². The van der Waals surface area contributed by atoms with Crippen molar-refractivity contribution in [2.45, 2.75) is 33.7 Å². The Balaban J connectivity index is 1.77. The van der Waals surface area contributed by atoms with Gasteiger partial charge in [-0.3, -0.25) is 9.36 Å². The first kappa shape index (κ1) is 19.6. The van der Waals surface area contributed by atoms with Crippen molar-refractivity contribution in [3.63, 3.8) is 0 Å². The molecule has 29 heavy (non-hydrogen) atoms. The van der Waals surface area contributed by atoms with Gasteiger partial charge < -0.3 is 5.32 Å². The monoisotopic (exact) mass is 424 g/mol. The van der Waals surface area contributed by atoms with Gasteiger partial charge in [-0.15, -0.1) is 11.3 Å². The van der Waals surface area contributed by atoms with Crippen LogP contribution in [0.3, 0.4) is 0 Å². The van der Waals surface area contributed by atoms with Gasteiger partial charge in [0.25, 0.3) is 5.56 Å². The smallest absolute Gasteiger partial charge is 0.258 e. The topological polar surface area (TPSA) is 59.8 Å². The van der Waals surface area contributed by atoms with E-state index in [1.165, 1.54) is 0 Å². The van der Waals surface area contributed by atoms with Crippen molar-refractivity contribution in [3.05, 3.63) is 79.7 Å². The predicted octanol–water partition coefficient (Wildman–Crippen LogP) is 5.48. The third-order valence-corrected chi connectivity index (χ3v) is 6.01. The van der Waals surface area contributed by atoms with Gasteiger partial charge >= 0.3 is 0 Å². The van der Waals surface area contributed by atoms with E-state index < -0.39 is 0 Å². The van der Waals surface area contributed by atoms with Crippen LogP contribution in [0.25, 0.3) is 10.2 Å². The highest BCUT2D eigenvalue weighted by Crippen LogP contribution is 2.26. The van der Waals surface area contributed by atoms with Crippen LogP contribution in [-0.2, 0) is 13.0 Å². The molecule has 4 rings (SSSR count). The minimum Gasteiger partial charge on any atom is -0.325 e. The summed E-state index contributed by atoms with van der Waals surface area (Å²) in [5, 5.41) is 5.04. The van der Waals surface area contributed by atoms with Crippen LogP contribution in [0.2, 0.25) is 5.02 Å². The maximum absolute atomic E-state index is 13.2. The Morgan fingerprint density at radius 1 is 1.10 bits per heavy atom. The third-order valence-electron chi connectivity index (χ3n) is 4.83. The van der Waals surface area contributed by atoms with Crippen LogP contribution in [0.1, 0.15) is 28.8 Å². The van der Waals surface area contributed by atoms with Crippen molar-refractivity contribution in [1.82, 2.24) is 14.5 Å². The van der Waals surface area contributed by atoms with Crippen LogP contribution in [0, 0.1) is 13.8 Å². The second kappa shape index (κ2) is 7.97. The number of thiazole rings is 1. The normalized spacial score (nSPS) is 11.2. The Hall–Kier alpha value is -2.70. The first-order chi connectivity index (χ1) is 13.9. The molecule has 0 saturated heterocycles. The van der Waals surface area contributed by atoms with Crippen molar-refractivity contribution in [2.24, 2.45) is 0 Å². The number of hydrogen-bond acceptors (Lipinski definition) is 5. The molecule has 0 aliphatic rings. The molecule has 0 radical (unpaired) electrons. The number of hydrogen-bond donors (Lipinski definition) is 1. The number of aromatic nitrogens is 3. The highest BCUT2D eigenvalue weighted by atomic mass is 35.5. The van der Waals surface area contributed by atoms with E-state index in [2.05, 4.69) is 10.3 Å². The second-order valence-corrected chi connectivity index (χ2v) is 8.58. The average molecular weight is 425 g/mol. The summed E-state index contributed by atoms with van der Waals surface area (Å²) in [7, 11) is 0. The number of nitrogens with zero attached hydrogens (tertiary/aromatic N) is 3. The molecule has 0 aliphatic carbocycles. The molecule has 0 bridgehead atoms. The van der Waals surface area contributed by atoms with Crippen LogP contribution >= 0.6 is 22.9 Å². The molecule has 2 aromatic heterocycles. The van der Waals surface area contributed by atoms with E-state index in [9.17, 15) is 4.79 Å². The number of rotatable bonds is 5. The zero-order valence-electron chi connectivity index (χ0n) is 16.5. The largest absolute Gasteiger partial charge is 0.325 e. The molecule has 7 heteroatoms. The number of anilines is 2. The lowest BCUT2D eigenvalue weighted by atomic mass is 10.1. The SMILES string of the molecule is CCc1c(C)nc(Nc2ccc3nc(C)sc3c2)n(Cc2ccc(Cl)cc2)c1=O. The van der Waals surface area contributed by atoms with Gasteiger partial charge in [0, 0.05) is 22.0 Å². The molecule has 4 aromatic rings. The Labute approximate surface area is 178 Å². The molecule has 5 nitrogen and oxygen atoms in total. The number of fused-ring (bicyclic) bond motifs is 1. The molecule has 0 saturated carbocycles. The molecule has 0 unspecified atom stereocenters. The lowest BCUT2D eigenvalue weighted by Crippen LogP contribution is -2.28. The van der Waals surface area contributed by atoms with Gasteiger partial charge in [0.2, 0.25) is 5.95 Å². The summed E-state index contributed by atoms with van der Waals surface area (Å²) in [6.45, 7) is 6.27. The summed E-state index contributed by atoms with van der Waals surface area (Å²) < 4.78 is 2.79. The van der Waals surface area contributed by atoms with Crippen LogP contribution in [0.4, 0.5) is 11.6 Å². The fraction of sp³-hybridized carbons (Fsp3) is 0.227. The van der Waals surface area contributed by atoms with Gasteiger partial charge in [0.15, 0.2) is 0 Å². The van der Waals surface area contributed by atoms with Gasteiger partial charge in [0.05, 0.1) is 21.8 Å². The minimum absolute atomic E-state index is 0.0211. The quantitative estimate of drug-likeness (QED) is 0.461. The number of benzene rings is 2. The van der Waals surface area contributed by atoms with Crippen LogP contribution in [-0.4, -0.2) is 14.5 Å². The van der Waals surface area contributed by atoms with Crippen LogP contribution in [0.15, 0.2) is 47.3 Å². The number of halogens is 1. The average Bonchev–Trinajstić information content (AvgIpc) is 3.06. The Morgan fingerprint density at radius 3 is 2.59 bits per heavy atom. The highest BCUT2D eigenvalue weighted by molar-refractivity contribution is 7.18. The summed E-state index contributed by atoms with van der Waals surface area (Å²) in [6, 6.07) is 13.5. The molecule has 1 N–H and O–H groups in total. The number of nitrogens with one attached hydrogen (secondary N) is 1. The highest BCUT2D eigenvalue weighted by Gasteiger charge is 2.14. The lowest BCUT2D eigenvalue weighted by Gasteiger charge is -2.17. The summed E-state index contributed by atoms with van der Waals surface area (Å²) in [5.41, 5.74) is 4.30. The van der Waals surface area contributed by atoms with Gasteiger partial charge in [-0.05, 0) is 56.2 Å². The molecule has 0 fully saturated rings. The van der Waals surface area contributed by atoms with E-state index in [0.29, 0.717) is 23.9 Å². The Kier molecular flexibility index (Phi) is 5.39. The number of aryl methyl sites for hydroxylation is 2. The molecule has 0 spiro atoms. The van der Waals surface area contributed by atoms with Crippen molar-refractivity contribution in [3.8, 4) is 0 Å². The Morgan fingerprint density at radius 2 is 1.86 bits per heavy atom. The van der Waals surface area contributed by atoms with E-state index in [1.54, 1.807) is 15.9 Å². The third kappa shape index (κ3) is 4.04. The van der Waals surface area contributed by atoms with E-state index in [4.69, 9.17) is 16.6 Å². The van der Waals surface area contributed by atoms with Gasteiger partial charge in [-0.25, -0.2) is 9.97 Å². The lowest BCUT2D eigenvalue weighted by molar-refractivity contribution is 0.726. The minimum atomic E-state index is -0.0211. The summed E-state index contributed by atoms with van der Waals surface area (Å²) in [5.74, 6) is 0.528. The van der Waals surface area contributed by atoms with E-state index in [0.717, 1.165) is 37.7 Å². The zero-order chi connectivity index (χ0) is 20.5.